The van der Waals surface area contributed by atoms with Gasteiger partial charge in [0.05, 0.1) is 18.8 Å². The number of hydrogen-bond acceptors (Lipinski definition) is 2. The van der Waals surface area contributed by atoms with Crippen molar-refractivity contribution in [2.45, 2.75) is 32.3 Å². The van der Waals surface area contributed by atoms with Gasteiger partial charge in [0.2, 0.25) is 0 Å². The number of ether oxygens (including phenoxy) is 1. The van der Waals surface area contributed by atoms with Crippen molar-refractivity contribution in [2.24, 2.45) is 5.92 Å². The van der Waals surface area contributed by atoms with Crippen molar-refractivity contribution in [2.75, 3.05) is 13.2 Å². The second-order valence-corrected chi connectivity index (χ2v) is 3.10. The van der Waals surface area contributed by atoms with E-state index in [1.165, 1.54) is 6.42 Å². The highest BCUT2D eigenvalue weighted by Crippen LogP contribution is 2.48. The van der Waals surface area contributed by atoms with E-state index in [-0.39, 0.29) is 12.2 Å². The molecule has 2 unspecified atom stereocenters. The average molecular weight is 144 g/mol. The molecule has 0 aromatic rings. The van der Waals surface area contributed by atoms with Gasteiger partial charge in [-0.1, -0.05) is 13.8 Å². The summed E-state index contributed by atoms with van der Waals surface area (Å²) in [5, 5.41) is 8.51. The van der Waals surface area contributed by atoms with E-state index in [2.05, 4.69) is 13.8 Å². The van der Waals surface area contributed by atoms with Crippen molar-refractivity contribution in [3.8, 4) is 0 Å². The van der Waals surface area contributed by atoms with Gasteiger partial charge in [0, 0.05) is 0 Å². The van der Waals surface area contributed by atoms with Crippen LogP contribution in [0.2, 0.25) is 0 Å². The fourth-order valence-corrected chi connectivity index (χ4v) is 1.50. The van der Waals surface area contributed by atoms with Gasteiger partial charge in [-0.25, -0.2) is 0 Å². The summed E-state index contributed by atoms with van der Waals surface area (Å²) in [7, 11) is 0. The minimum Gasteiger partial charge on any atom is -0.394 e. The zero-order valence-corrected chi connectivity index (χ0v) is 6.76. The predicted octanol–water partition coefficient (Wildman–Crippen LogP) is 1.18. The molecule has 0 saturated heterocycles. The zero-order valence-electron chi connectivity index (χ0n) is 6.76. The van der Waals surface area contributed by atoms with Gasteiger partial charge in [0.1, 0.15) is 0 Å². The molecule has 1 aliphatic rings. The fourth-order valence-electron chi connectivity index (χ4n) is 1.50. The first kappa shape index (κ1) is 8.02. The van der Waals surface area contributed by atoms with Crippen molar-refractivity contribution in [1.82, 2.24) is 0 Å². The maximum absolute atomic E-state index is 8.51. The van der Waals surface area contributed by atoms with Gasteiger partial charge < -0.3 is 9.84 Å². The van der Waals surface area contributed by atoms with Gasteiger partial charge >= 0.3 is 0 Å². The lowest BCUT2D eigenvalue weighted by molar-refractivity contribution is -0.000141. The molecule has 60 valence electrons. The van der Waals surface area contributed by atoms with Crippen LogP contribution in [0.25, 0.3) is 0 Å². The van der Waals surface area contributed by atoms with E-state index in [9.17, 15) is 0 Å². The van der Waals surface area contributed by atoms with Gasteiger partial charge in [-0.15, -0.1) is 0 Å². The minimum absolute atomic E-state index is 0.142. The van der Waals surface area contributed by atoms with Gasteiger partial charge in [-0.2, -0.15) is 0 Å². The molecule has 0 aromatic carbocycles. The van der Waals surface area contributed by atoms with Crippen LogP contribution in [0.1, 0.15) is 26.7 Å². The molecule has 1 aliphatic carbocycles. The molecule has 1 N–H and O–H groups in total. The normalized spacial score (nSPS) is 38.1. The Morgan fingerprint density at radius 2 is 2.30 bits per heavy atom. The third kappa shape index (κ3) is 1.32. The molecule has 0 heterocycles. The molecule has 1 fully saturated rings. The zero-order chi connectivity index (χ0) is 7.61. The molecule has 0 aromatic heterocycles. The Morgan fingerprint density at radius 3 is 2.60 bits per heavy atom. The van der Waals surface area contributed by atoms with Crippen molar-refractivity contribution < 1.29 is 9.84 Å². The van der Waals surface area contributed by atoms with Crippen molar-refractivity contribution in [3.63, 3.8) is 0 Å². The standard InChI is InChI=1S/C8H16O2/c1-3-8(6-7(8)2)10-5-4-9/h7,9H,3-6H2,1-2H3. The van der Waals surface area contributed by atoms with Crippen LogP contribution in [0.3, 0.4) is 0 Å². The molecule has 10 heavy (non-hydrogen) atoms. The first-order valence-electron chi connectivity index (χ1n) is 4.00. The van der Waals surface area contributed by atoms with Crippen molar-refractivity contribution in [3.05, 3.63) is 0 Å². The van der Waals surface area contributed by atoms with Crippen LogP contribution in [-0.2, 0) is 4.74 Å². The van der Waals surface area contributed by atoms with Crippen molar-refractivity contribution >= 4 is 0 Å². The van der Waals surface area contributed by atoms with E-state index >= 15 is 0 Å². The lowest BCUT2D eigenvalue weighted by atomic mass is 10.2. The van der Waals surface area contributed by atoms with Crippen molar-refractivity contribution in [1.29, 1.82) is 0 Å². The van der Waals surface area contributed by atoms with Crippen LogP contribution >= 0.6 is 0 Å². The van der Waals surface area contributed by atoms with Gasteiger partial charge in [0.15, 0.2) is 0 Å². The Morgan fingerprint density at radius 1 is 1.70 bits per heavy atom. The Labute approximate surface area is 62.2 Å². The summed E-state index contributed by atoms with van der Waals surface area (Å²) < 4.78 is 5.50. The minimum atomic E-state index is 0.142. The summed E-state index contributed by atoms with van der Waals surface area (Å²) in [5.41, 5.74) is 0.142. The number of rotatable bonds is 4. The SMILES string of the molecule is CCC1(OCCO)CC1C. The first-order chi connectivity index (χ1) is 4.75. The number of hydrogen-bond donors (Lipinski definition) is 1. The molecule has 2 atom stereocenters. The molecule has 1 rings (SSSR count). The Bertz CT molecular complexity index is 110. The third-order valence-corrected chi connectivity index (χ3v) is 2.47. The lowest BCUT2D eigenvalue weighted by Gasteiger charge is -2.13. The van der Waals surface area contributed by atoms with Crippen LogP contribution in [0.4, 0.5) is 0 Å². The predicted molar refractivity (Wildman–Crippen MR) is 39.8 cm³/mol. The van der Waals surface area contributed by atoms with Gasteiger partial charge in [0.25, 0.3) is 0 Å². The molecule has 0 radical (unpaired) electrons. The van der Waals surface area contributed by atoms with E-state index in [0.29, 0.717) is 12.5 Å². The monoisotopic (exact) mass is 144 g/mol. The van der Waals surface area contributed by atoms with Crippen LogP contribution in [0.5, 0.6) is 0 Å². The number of aliphatic hydroxyl groups excluding tert-OH is 1. The highest BCUT2D eigenvalue weighted by atomic mass is 16.5. The second kappa shape index (κ2) is 2.89. The van der Waals surface area contributed by atoms with Gasteiger partial charge in [-0.05, 0) is 18.8 Å². The molecule has 0 amide bonds. The average Bonchev–Trinajstić information content (AvgIpc) is 2.59. The first-order valence-corrected chi connectivity index (χ1v) is 4.00. The molecule has 2 heteroatoms. The summed E-state index contributed by atoms with van der Waals surface area (Å²) in [6.45, 7) is 4.98. The molecule has 0 bridgehead atoms. The van der Waals surface area contributed by atoms with E-state index in [0.717, 1.165) is 6.42 Å². The Balaban J connectivity index is 2.23. The molecule has 1 saturated carbocycles. The van der Waals surface area contributed by atoms with E-state index in [4.69, 9.17) is 9.84 Å². The largest absolute Gasteiger partial charge is 0.394 e. The van der Waals surface area contributed by atoms with Crippen LogP contribution in [-0.4, -0.2) is 23.9 Å². The molecular weight excluding hydrogens is 128 g/mol. The Kier molecular flexibility index (Phi) is 2.32. The molecule has 0 spiro atoms. The van der Waals surface area contributed by atoms with Gasteiger partial charge in [-0.3, -0.25) is 0 Å². The summed E-state index contributed by atoms with van der Waals surface area (Å²) in [6, 6.07) is 0. The summed E-state index contributed by atoms with van der Waals surface area (Å²) >= 11 is 0. The maximum atomic E-state index is 8.51. The maximum Gasteiger partial charge on any atom is 0.0711 e. The summed E-state index contributed by atoms with van der Waals surface area (Å²) in [4.78, 5) is 0. The van der Waals surface area contributed by atoms with Crippen LogP contribution in [0.15, 0.2) is 0 Å². The van der Waals surface area contributed by atoms with E-state index < -0.39 is 0 Å². The lowest BCUT2D eigenvalue weighted by Crippen LogP contribution is -2.17. The highest BCUT2D eigenvalue weighted by Gasteiger charge is 2.50. The number of aliphatic hydroxyl groups is 1. The summed E-state index contributed by atoms with van der Waals surface area (Å²) in [5.74, 6) is 0.698. The second-order valence-electron chi connectivity index (χ2n) is 3.10. The third-order valence-electron chi connectivity index (χ3n) is 2.47. The van der Waals surface area contributed by atoms with Crippen LogP contribution < -0.4 is 0 Å². The molecular formula is C8H16O2. The highest BCUT2D eigenvalue weighted by molar-refractivity contribution is 5.01. The van der Waals surface area contributed by atoms with Crippen LogP contribution in [0, 0.1) is 5.92 Å². The molecule has 2 nitrogen and oxygen atoms in total. The quantitative estimate of drug-likeness (QED) is 0.642. The molecule has 0 aliphatic heterocycles. The Hall–Kier alpha value is -0.0800. The van der Waals surface area contributed by atoms with E-state index in [1.807, 2.05) is 0 Å². The topological polar surface area (TPSA) is 29.5 Å². The fraction of sp³-hybridized carbons (Fsp3) is 1.00. The smallest absolute Gasteiger partial charge is 0.0711 e. The summed E-state index contributed by atoms with van der Waals surface area (Å²) in [6.07, 6.45) is 2.25. The van der Waals surface area contributed by atoms with E-state index in [1.54, 1.807) is 0 Å².